The van der Waals surface area contributed by atoms with E-state index in [0.29, 0.717) is 73.8 Å². The number of halogens is 5. The van der Waals surface area contributed by atoms with Crippen LogP contribution in [0.25, 0.3) is 0 Å². The maximum Gasteiger partial charge on any atom is 0.416 e. The number of rotatable bonds is 3. The number of aromatic nitrogens is 4. The molecule has 0 radical (unpaired) electrons. The third-order valence-corrected chi connectivity index (χ3v) is 9.63. The van der Waals surface area contributed by atoms with Crippen molar-refractivity contribution in [1.29, 1.82) is 0 Å². The van der Waals surface area contributed by atoms with Crippen molar-refractivity contribution in [2.75, 3.05) is 50.5 Å². The summed E-state index contributed by atoms with van der Waals surface area (Å²) in [6, 6.07) is 2.26. The zero-order valence-corrected chi connectivity index (χ0v) is 26.9. The molecule has 3 N–H and O–H groups in total. The van der Waals surface area contributed by atoms with Crippen LogP contribution in [-0.2, 0) is 37.0 Å². The molecule has 7 heterocycles. The van der Waals surface area contributed by atoms with E-state index in [0.717, 1.165) is 25.1 Å². The maximum absolute atomic E-state index is 15.0. The van der Waals surface area contributed by atoms with Crippen LogP contribution in [0.3, 0.4) is 0 Å². The third kappa shape index (κ3) is 6.45. The number of amides is 1. The average molecular weight is 693 g/mol. The number of anilines is 2. The Balaban J connectivity index is 0.000000361. The number of ether oxygens (including phenoxy) is 3. The zero-order chi connectivity index (χ0) is 34.4. The second-order valence-corrected chi connectivity index (χ2v) is 12.7. The predicted octanol–water partition coefficient (Wildman–Crippen LogP) is 3.96. The third-order valence-electron chi connectivity index (χ3n) is 9.63. The Hall–Kier alpha value is -4.25. The van der Waals surface area contributed by atoms with Gasteiger partial charge in [-0.2, -0.15) is 28.2 Å². The van der Waals surface area contributed by atoms with E-state index in [1.54, 1.807) is 4.68 Å². The Morgan fingerprint density at radius 3 is 2.76 bits per heavy atom. The van der Waals surface area contributed by atoms with E-state index in [1.165, 1.54) is 20.0 Å². The number of carbonyl (C=O) groups is 1. The highest BCUT2D eigenvalue weighted by atomic mass is 19.4. The molecule has 8 rings (SSSR count). The van der Waals surface area contributed by atoms with E-state index in [-0.39, 0.29) is 37.2 Å². The summed E-state index contributed by atoms with van der Waals surface area (Å²) in [5.41, 5.74) is 5.24. The van der Waals surface area contributed by atoms with Gasteiger partial charge in [-0.05, 0) is 44.4 Å². The molecule has 3 aromatic rings. The number of nitrogen functional groups attached to an aromatic ring is 1. The first-order valence-corrected chi connectivity index (χ1v) is 16.4. The van der Waals surface area contributed by atoms with Crippen LogP contribution in [0, 0.1) is 5.82 Å². The molecule has 3 unspecified atom stereocenters. The summed E-state index contributed by atoms with van der Waals surface area (Å²) in [6.07, 6.45) is -2.78. The van der Waals surface area contributed by atoms with Crippen LogP contribution in [0.2, 0.25) is 0 Å². The molecule has 1 amide bonds. The molecule has 2 aromatic heterocycles. The highest BCUT2D eigenvalue weighted by Gasteiger charge is 2.40. The first-order valence-electron chi connectivity index (χ1n) is 16.4. The molecule has 0 bridgehead atoms. The molecule has 3 atom stereocenters. The second kappa shape index (κ2) is 13.2. The van der Waals surface area contributed by atoms with Gasteiger partial charge in [-0.15, -0.1) is 0 Å². The van der Waals surface area contributed by atoms with Gasteiger partial charge in [0.25, 0.3) is 5.91 Å². The smallest absolute Gasteiger partial charge is 0.416 e. The van der Waals surface area contributed by atoms with Crippen LogP contribution < -0.4 is 25.4 Å². The van der Waals surface area contributed by atoms with Gasteiger partial charge in [-0.3, -0.25) is 14.4 Å². The van der Waals surface area contributed by atoms with Crippen molar-refractivity contribution in [2.45, 2.75) is 76.3 Å². The standard InChI is InChI=1S/C25H25F4N7O4.C7H12FN/c1-38-24-32-15-9-17(18-13(25(27,28)29)3-4-14(30)19(18)26)40-11-12(15)22(33-24)35-6-2-7-36-16(10-35)21-20(34-36)23(37)31-5-8-39-21;8-6-4-7-2-1-3-9(7)5-6/h3-4,17H,2,5-11,30H2,1H3,(H,31,37);6-7H,1-5H2. The van der Waals surface area contributed by atoms with Crippen LogP contribution in [0.1, 0.15) is 70.4 Å². The van der Waals surface area contributed by atoms with Crippen molar-refractivity contribution in [3.63, 3.8) is 0 Å². The number of hydrogen-bond acceptors (Lipinski definition) is 10. The van der Waals surface area contributed by atoms with Gasteiger partial charge in [-0.1, -0.05) is 0 Å². The Morgan fingerprint density at radius 2 is 1.98 bits per heavy atom. The highest BCUT2D eigenvalue weighted by molar-refractivity contribution is 5.95. The van der Waals surface area contributed by atoms with Crippen LogP contribution in [0.5, 0.6) is 11.8 Å². The molecule has 17 heteroatoms. The minimum Gasteiger partial charge on any atom is -0.487 e. The maximum atomic E-state index is 15.0. The van der Waals surface area contributed by atoms with Crippen LogP contribution >= 0.6 is 0 Å². The SMILES string of the molecule is COc1nc2c(c(N3CCCn4nc5c(c4C3)OCCNC5=O)n1)COC(c1c(C(F)(F)F)ccc(N)c1F)C2.FC1CC2CCCN2C1. The molecule has 5 aliphatic heterocycles. The fourth-order valence-electron chi connectivity index (χ4n) is 7.34. The van der Waals surface area contributed by atoms with Crippen LogP contribution in [0.4, 0.5) is 33.5 Å². The van der Waals surface area contributed by atoms with Crippen LogP contribution in [0.15, 0.2) is 12.1 Å². The molecule has 0 saturated carbocycles. The number of hydrogen-bond donors (Lipinski definition) is 2. The van der Waals surface area contributed by atoms with Crippen molar-refractivity contribution in [2.24, 2.45) is 0 Å². The number of fused-ring (bicyclic) bond motifs is 5. The molecular formula is C32H37F5N8O4. The highest BCUT2D eigenvalue weighted by Crippen LogP contribution is 2.43. The van der Waals surface area contributed by atoms with E-state index in [2.05, 4.69) is 25.3 Å². The molecule has 2 fully saturated rings. The first kappa shape index (κ1) is 33.3. The number of benzene rings is 1. The molecule has 5 aliphatic rings. The molecule has 0 spiro atoms. The predicted molar refractivity (Wildman–Crippen MR) is 165 cm³/mol. The molecule has 264 valence electrons. The molecule has 49 heavy (non-hydrogen) atoms. The molecule has 0 aliphatic carbocycles. The molecule has 2 saturated heterocycles. The van der Waals surface area contributed by atoms with Gasteiger partial charge < -0.3 is 30.2 Å². The van der Waals surface area contributed by atoms with E-state index < -0.39 is 41.1 Å². The number of alkyl halides is 4. The summed E-state index contributed by atoms with van der Waals surface area (Å²) >= 11 is 0. The average Bonchev–Trinajstić information content (AvgIpc) is 3.66. The monoisotopic (exact) mass is 692 g/mol. The fraction of sp³-hybridized carbons (Fsp3) is 0.562. The number of methoxy groups -OCH3 is 1. The number of nitrogens with zero attached hydrogens (tertiary/aromatic N) is 6. The van der Waals surface area contributed by atoms with Gasteiger partial charge in [0.15, 0.2) is 17.3 Å². The van der Waals surface area contributed by atoms with Crippen molar-refractivity contribution in [3.05, 3.63) is 51.7 Å². The lowest BCUT2D eigenvalue weighted by Crippen LogP contribution is -2.29. The Morgan fingerprint density at radius 1 is 1.14 bits per heavy atom. The summed E-state index contributed by atoms with van der Waals surface area (Å²) in [4.78, 5) is 25.6. The lowest BCUT2D eigenvalue weighted by Gasteiger charge is -2.31. The summed E-state index contributed by atoms with van der Waals surface area (Å²) in [5, 5.41) is 7.21. The van der Waals surface area contributed by atoms with Gasteiger partial charge in [0, 0.05) is 43.2 Å². The minimum absolute atomic E-state index is 0.00528. The number of nitrogens with one attached hydrogen (secondary N) is 1. The van der Waals surface area contributed by atoms with Gasteiger partial charge >= 0.3 is 12.2 Å². The van der Waals surface area contributed by atoms with Gasteiger partial charge in [0.2, 0.25) is 0 Å². The van der Waals surface area contributed by atoms with Crippen molar-refractivity contribution in [3.8, 4) is 11.8 Å². The quantitative estimate of drug-likeness (QED) is 0.307. The first-order chi connectivity index (χ1) is 23.5. The van der Waals surface area contributed by atoms with E-state index >= 15 is 0 Å². The van der Waals surface area contributed by atoms with E-state index in [1.807, 2.05) is 4.90 Å². The van der Waals surface area contributed by atoms with Crippen LogP contribution in [-0.4, -0.2) is 82.7 Å². The summed E-state index contributed by atoms with van der Waals surface area (Å²) in [6.45, 7) is 3.71. The van der Waals surface area contributed by atoms with Gasteiger partial charge in [0.1, 0.15) is 24.3 Å². The largest absolute Gasteiger partial charge is 0.487 e. The van der Waals surface area contributed by atoms with Gasteiger partial charge in [0.05, 0.1) is 49.9 Å². The van der Waals surface area contributed by atoms with Crippen molar-refractivity contribution >= 4 is 17.4 Å². The minimum atomic E-state index is -4.81. The van der Waals surface area contributed by atoms with Gasteiger partial charge in [-0.25, -0.2) is 8.78 Å². The number of aryl methyl sites for hydroxylation is 1. The number of carbonyl (C=O) groups excluding carboxylic acids is 1. The normalized spacial score (nSPS) is 23.5. The lowest BCUT2D eigenvalue weighted by atomic mass is 9.94. The van der Waals surface area contributed by atoms with Crippen molar-refractivity contribution < 1.29 is 41.0 Å². The second-order valence-electron chi connectivity index (χ2n) is 12.7. The topological polar surface area (TPSA) is 133 Å². The molecular weight excluding hydrogens is 655 g/mol. The number of nitrogens with two attached hydrogens (primary N) is 1. The Kier molecular flexibility index (Phi) is 8.98. The summed E-state index contributed by atoms with van der Waals surface area (Å²) < 4.78 is 87.7. The fourth-order valence-corrected chi connectivity index (χ4v) is 7.34. The van der Waals surface area contributed by atoms with Crippen molar-refractivity contribution in [1.82, 2.24) is 30.0 Å². The Bertz CT molecular complexity index is 1720. The van der Waals surface area contributed by atoms with E-state index in [4.69, 9.17) is 19.9 Å². The summed E-state index contributed by atoms with van der Waals surface area (Å²) in [5.74, 6) is -0.613. The lowest BCUT2D eigenvalue weighted by molar-refractivity contribution is -0.140. The summed E-state index contributed by atoms with van der Waals surface area (Å²) in [7, 11) is 1.38. The molecule has 12 nitrogen and oxygen atoms in total. The zero-order valence-electron chi connectivity index (χ0n) is 26.9. The molecule has 1 aromatic carbocycles. The Labute approximate surface area is 278 Å². The van der Waals surface area contributed by atoms with E-state index in [9.17, 15) is 26.7 Å².